The highest BCUT2D eigenvalue weighted by Crippen LogP contribution is 2.64. The largest absolute Gasteiger partial charge is 0.455 e. The molecule has 6 nitrogen and oxygen atoms in total. The standard InChI is InChI=1S/C18H19Cl2F3N2O4/c1-16(10-17(16,19)20)15(27)29-9-14(26)24-12-8-11(18(21,22)23)2-3-13(12)25-4-6-28-7-5-25/h2-3,8H,4-7,9-10H2,1H3,(H,24,26). The molecule has 1 aliphatic carbocycles. The Hall–Kier alpha value is -1.71. The zero-order valence-corrected chi connectivity index (χ0v) is 17.0. The molecule has 160 valence electrons. The van der Waals surface area contributed by atoms with E-state index >= 15 is 0 Å². The van der Waals surface area contributed by atoms with Gasteiger partial charge in [-0.25, -0.2) is 0 Å². The SMILES string of the molecule is CC1(C(=O)OCC(=O)Nc2cc(C(F)(F)F)ccc2N2CCOCC2)CC1(Cl)Cl. The molecule has 1 aromatic rings. The summed E-state index contributed by atoms with van der Waals surface area (Å²) in [6, 6.07) is 3.11. The fourth-order valence-electron chi connectivity index (χ4n) is 2.99. The van der Waals surface area contributed by atoms with Crippen molar-refractivity contribution in [2.75, 3.05) is 43.1 Å². The van der Waals surface area contributed by atoms with Crippen LogP contribution in [-0.2, 0) is 25.2 Å². The predicted molar refractivity (Wildman–Crippen MR) is 101 cm³/mol. The summed E-state index contributed by atoms with van der Waals surface area (Å²) >= 11 is 11.8. The van der Waals surface area contributed by atoms with E-state index in [2.05, 4.69) is 5.32 Å². The summed E-state index contributed by atoms with van der Waals surface area (Å²) in [6.45, 7) is 2.62. The maximum atomic E-state index is 13.1. The van der Waals surface area contributed by atoms with Crippen LogP contribution in [0.5, 0.6) is 0 Å². The molecule has 1 saturated carbocycles. The Kier molecular flexibility index (Phi) is 5.95. The van der Waals surface area contributed by atoms with Crippen LogP contribution in [-0.4, -0.2) is 49.1 Å². The second-order valence-electron chi connectivity index (χ2n) is 7.17. The van der Waals surface area contributed by atoms with Crippen molar-refractivity contribution in [2.24, 2.45) is 5.41 Å². The van der Waals surface area contributed by atoms with Crippen LogP contribution < -0.4 is 10.2 Å². The number of carbonyl (C=O) groups is 2. The quantitative estimate of drug-likeness (QED) is 0.543. The first-order valence-corrected chi connectivity index (χ1v) is 9.58. The summed E-state index contributed by atoms with van der Waals surface area (Å²) in [4.78, 5) is 26.1. The maximum Gasteiger partial charge on any atom is 0.416 e. The van der Waals surface area contributed by atoms with E-state index in [1.165, 1.54) is 13.0 Å². The van der Waals surface area contributed by atoms with E-state index in [1.807, 2.05) is 4.90 Å². The summed E-state index contributed by atoms with van der Waals surface area (Å²) in [7, 11) is 0. The van der Waals surface area contributed by atoms with Crippen molar-refractivity contribution in [1.29, 1.82) is 0 Å². The van der Waals surface area contributed by atoms with Crippen LogP contribution >= 0.6 is 23.2 Å². The first-order chi connectivity index (χ1) is 13.4. The Morgan fingerprint density at radius 2 is 1.90 bits per heavy atom. The molecule has 1 heterocycles. The van der Waals surface area contributed by atoms with Crippen molar-refractivity contribution in [3.05, 3.63) is 23.8 Å². The summed E-state index contributed by atoms with van der Waals surface area (Å²) < 4.78 is 48.3. The summed E-state index contributed by atoms with van der Waals surface area (Å²) in [6.07, 6.45) is -4.38. The highest BCUT2D eigenvalue weighted by atomic mass is 35.5. The van der Waals surface area contributed by atoms with Gasteiger partial charge in [-0.05, 0) is 25.1 Å². The monoisotopic (exact) mass is 454 g/mol. The Balaban J connectivity index is 1.72. The number of morpholine rings is 1. The summed E-state index contributed by atoms with van der Waals surface area (Å²) in [5, 5.41) is 2.40. The third kappa shape index (κ3) is 4.73. The molecule has 1 N–H and O–H groups in total. The lowest BCUT2D eigenvalue weighted by atomic mass is 10.1. The average molecular weight is 455 g/mol. The lowest BCUT2D eigenvalue weighted by Crippen LogP contribution is -2.37. The van der Waals surface area contributed by atoms with E-state index in [1.54, 1.807) is 0 Å². The molecule has 1 saturated heterocycles. The van der Waals surface area contributed by atoms with Gasteiger partial charge in [0.15, 0.2) is 6.61 Å². The van der Waals surface area contributed by atoms with Crippen LogP contribution in [0.3, 0.4) is 0 Å². The topological polar surface area (TPSA) is 67.9 Å². The minimum atomic E-state index is -4.57. The fraction of sp³-hybridized carbons (Fsp3) is 0.556. The number of alkyl halides is 5. The van der Waals surface area contributed by atoms with Gasteiger partial charge in [0.05, 0.1) is 30.2 Å². The van der Waals surface area contributed by atoms with Gasteiger partial charge in [0.2, 0.25) is 0 Å². The molecule has 1 amide bonds. The third-order valence-electron chi connectivity index (χ3n) is 4.99. The van der Waals surface area contributed by atoms with Crippen molar-refractivity contribution >= 4 is 46.5 Å². The van der Waals surface area contributed by atoms with Crippen LogP contribution in [0, 0.1) is 5.41 Å². The number of halogens is 5. The van der Waals surface area contributed by atoms with Crippen LogP contribution in [0.25, 0.3) is 0 Å². The van der Waals surface area contributed by atoms with Crippen molar-refractivity contribution < 1.29 is 32.2 Å². The van der Waals surface area contributed by atoms with E-state index in [0.717, 1.165) is 12.1 Å². The molecule has 0 bridgehead atoms. The zero-order chi connectivity index (χ0) is 21.4. The molecule has 2 aliphatic rings. The lowest BCUT2D eigenvalue weighted by Gasteiger charge is -2.31. The van der Waals surface area contributed by atoms with E-state index in [-0.39, 0.29) is 12.1 Å². The molecule has 2 fully saturated rings. The van der Waals surface area contributed by atoms with Gasteiger partial charge in [0.1, 0.15) is 9.75 Å². The van der Waals surface area contributed by atoms with Gasteiger partial charge in [-0.15, -0.1) is 23.2 Å². The Morgan fingerprint density at radius 3 is 2.45 bits per heavy atom. The number of esters is 1. The molecule has 1 aromatic carbocycles. The van der Waals surface area contributed by atoms with Crippen LogP contribution in [0.15, 0.2) is 18.2 Å². The van der Waals surface area contributed by atoms with E-state index in [0.29, 0.717) is 32.0 Å². The van der Waals surface area contributed by atoms with Crippen molar-refractivity contribution in [1.82, 2.24) is 0 Å². The number of benzene rings is 1. The Labute approximate surface area is 175 Å². The molecule has 29 heavy (non-hydrogen) atoms. The molecule has 0 aromatic heterocycles. The summed E-state index contributed by atoms with van der Waals surface area (Å²) in [5.41, 5.74) is -1.60. The molecular formula is C18H19Cl2F3N2O4. The molecule has 0 radical (unpaired) electrons. The molecule has 3 rings (SSSR count). The third-order valence-corrected chi connectivity index (χ3v) is 6.09. The molecule has 1 unspecified atom stereocenters. The number of anilines is 2. The normalized spacial score (nSPS) is 23.4. The Morgan fingerprint density at radius 1 is 1.28 bits per heavy atom. The minimum absolute atomic E-state index is 0.0237. The maximum absolute atomic E-state index is 13.1. The number of ether oxygens (including phenoxy) is 2. The number of hydrogen-bond acceptors (Lipinski definition) is 5. The smallest absolute Gasteiger partial charge is 0.416 e. The van der Waals surface area contributed by atoms with Gasteiger partial charge in [0, 0.05) is 19.5 Å². The molecule has 1 aliphatic heterocycles. The molecule has 0 spiro atoms. The van der Waals surface area contributed by atoms with Gasteiger partial charge in [-0.2, -0.15) is 13.2 Å². The second kappa shape index (κ2) is 7.85. The van der Waals surface area contributed by atoms with Crippen molar-refractivity contribution in [3.8, 4) is 0 Å². The number of hydrogen-bond donors (Lipinski definition) is 1. The van der Waals surface area contributed by atoms with Crippen LogP contribution in [0.4, 0.5) is 24.5 Å². The minimum Gasteiger partial charge on any atom is -0.455 e. The first kappa shape index (κ1) is 22.0. The second-order valence-corrected chi connectivity index (χ2v) is 8.65. The number of nitrogens with one attached hydrogen (secondary N) is 1. The van der Waals surface area contributed by atoms with Crippen LogP contribution in [0.2, 0.25) is 0 Å². The van der Waals surface area contributed by atoms with Gasteiger partial charge < -0.3 is 19.7 Å². The number of rotatable bonds is 5. The van der Waals surface area contributed by atoms with E-state index in [9.17, 15) is 22.8 Å². The molecule has 1 atom stereocenters. The molecule has 11 heteroatoms. The first-order valence-electron chi connectivity index (χ1n) is 8.83. The number of nitrogens with zero attached hydrogens (tertiary/aromatic N) is 1. The van der Waals surface area contributed by atoms with Crippen molar-refractivity contribution in [3.63, 3.8) is 0 Å². The lowest BCUT2D eigenvalue weighted by molar-refractivity contribution is -0.152. The highest BCUT2D eigenvalue weighted by molar-refractivity contribution is 6.53. The van der Waals surface area contributed by atoms with Gasteiger partial charge in [0.25, 0.3) is 5.91 Å². The van der Waals surface area contributed by atoms with Crippen molar-refractivity contribution in [2.45, 2.75) is 23.9 Å². The van der Waals surface area contributed by atoms with Crippen LogP contribution in [0.1, 0.15) is 18.9 Å². The van der Waals surface area contributed by atoms with Gasteiger partial charge in [-0.3, -0.25) is 9.59 Å². The van der Waals surface area contributed by atoms with E-state index in [4.69, 9.17) is 32.7 Å². The van der Waals surface area contributed by atoms with Gasteiger partial charge >= 0.3 is 12.1 Å². The number of amides is 1. The fourth-order valence-corrected chi connectivity index (χ4v) is 3.68. The number of carbonyl (C=O) groups excluding carboxylic acids is 2. The summed E-state index contributed by atoms with van der Waals surface area (Å²) in [5.74, 6) is -1.51. The zero-order valence-electron chi connectivity index (χ0n) is 15.4. The molecular weight excluding hydrogens is 436 g/mol. The predicted octanol–water partition coefficient (Wildman–Crippen LogP) is 3.61. The Bertz CT molecular complexity index is 813. The average Bonchev–Trinajstić information content (AvgIpc) is 3.18. The highest BCUT2D eigenvalue weighted by Gasteiger charge is 2.69. The van der Waals surface area contributed by atoms with E-state index < -0.39 is 40.0 Å². The van der Waals surface area contributed by atoms with Gasteiger partial charge in [-0.1, -0.05) is 0 Å².